The van der Waals surface area contributed by atoms with E-state index in [2.05, 4.69) is 20.3 Å². The third kappa shape index (κ3) is 3.65. The number of hydrogen-bond donors (Lipinski definition) is 1. The molecule has 0 aliphatic rings. The van der Waals surface area contributed by atoms with Crippen LogP contribution in [0.2, 0.25) is 0 Å². The zero-order valence-electron chi connectivity index (χ0n) is 8.88. The molecule has 0 aliphatic carbocycles. The summed E-state index contributed by atoms with van der Waals surface area (Å²) in [6, 6.07) is 2.92. The Bertz CT molecular complexity index is 326. The first-order valence-electron chi connectivity index (χ1n) is 4.64. The Balaban J connectivity index is 2.62. The fourth-order valence-corrected chi connectivity index (χ4v) is 0.934. The summed E-state index contributed by atoms with van der Waals surface area (Å²) in [5, 5.41) is 10.1. The van der Waals surface area contributed by atoms with Crippen LogP contribution < -0.4 is 10.1 Å². The average molecular weight is 235 g/mol. The first kappa shape index (κ1) is 12.7. The Morgan fingerprint density at radius 1 is 1.38 bits per heavy atom. The van der Waals surface area contributed by atoms with E-state index in [9.17, 15) is 13.2 Å². The van der Waals surface area contributed by atoms with Crippen LogP contribution in [0.25, 0.3) is 0 Å². The van der Waals surface area contributed by atoms with Crippen molar-refractivity contribution in [2.24, 2.45) is 0 Å². The number of aromatic nitrogens is 2. The van der Waals surface area contributed by atoms with Crippen molar-refractivity contribution in [2.45, 2.75) is 25.7 Å². The highest BCUT2D eigenvalue weighted by molar-refractivity contribution is 5.11. The van der Waals surface area contributed by atoms with Gasteiger partial charge < -0.3 is 10.1 Å². The van der Waals surface area contributed by atoms with Crippen LogP contribution in [0.5, 0.6) is 5.88 Å². The monoisotopic (exact) mass is 235 g/mol. The van der Waals surface area contributed by atoms with E-state index < -0.39 is 12.3 Å². The minimum absolute atomic E-state index is 0.135. The van der Waals surface area contributed by atoms with Crippen molar-refractivity contribution in [3.63, 3.8) is 0 Å². The van der Waals surface area contributed by atoms with Gasteiger partial charge in [0.1, 0.15) is 0 Å². The van der Waals surface area contributed by atoms with E-state index in [1.165, 1.54) is 6.07 Å². The molecule has 1 unspecified atom stereocenters. The van der Waals surface area contributed by atoms with Gasteiger partial charge in [-0.25, -0.2) is 0 Å². The molecule has 0 saturated carbocycles. The largest absolute Gasteiger partial charge is 0.464 e. The predicted octanol–water partition coefficient (Wildman–Crippen LogP) is 1.53. The Morgan fingerprint density at radius 3 is 2.50 bits per heavy atom. The Kier molecular flexibility index (Phi) is 4.05. The van der Waals surface area contributed by atoms with Gasteiger partial charge in [0.2, 0.25) is 5.88 Å². The molecule has 0 fully saturated rings. The van der Waals surface area contributed by atoms with Crippen LogP contribution >= 0.6 is 0 Å². The lowest BCUT2D eigenvalue weighted by molar-refractivity contribution is -0.190. The van der Waals surface area contributed by atoms with Crippen LogP contribution in [0.4, 0.5) is 13.2 Å². The van der Waals surface area contributed by atoms with E-state index in [0.717, 1.165) is 6.92 Å². The fourth-order valence-electron chi connectivity index (χ4n) is 0.934. The molecular weight excluding hydrogens is 223 g/mol. The Morgan fingerprint density at radius 2 is 2.06 bits per heavy atom. The van der Waals surface area contributed by atoms with Gasteiger partial charge in [-0.05, 0) is 20.0 Å². The molecule has 1 rings (SSSR count). The second-order valence-electron chi connectivity index (χ2n) is 3.19. The van der Waals surface area contributed by atoms with Gasteiger partial charge >= 0.3 is 6.18 Å². The Labute approximate surface area is 90.8 Å². The van der Waals surface area contributed by atoms with E-state index in [-0.39, 0.29) is 5.88 Å². The summed E-state index contributed by atoms with van der Waals surface area (Å²) in [6.45, 7) is 1.42. The smallest absolute Gasteiger partial charge is 0.425 e. The molecule has 7 heteroatoms. The molecule has 0 amide bonds. The van der Waals surface area contributed by atoms with Crippen molar-refractivity contribution in [3.8, 4) is 5.88 Å². The Hall–Kier alpha value is -1.37. The predicted molar refractivity (Wildman–Crippen MR) is 50.9 cm³/mol. The molecule has 1 atom stereocenters. The first-order valence-corrected chi connectivity index (χ1v) is 4.64. The maximum absolute atomic E-state index is 12.2. The number of nitrogens with one attached hydrogen (secondary N) is 1. The molecular formula is C9H12F3N3O. The number of hydrogen-bond acceptors (Lipinski definition) is 4. The maximum Gasteiger partial charge on any atom is 0.425 e. The van der Waals surface area contributed by atoms with Crippen LogP contribution in [-0.4, -0.2) is 29.5 Å². The molecule has 1 N–H and O–H groups in total. The van der Waals surface area contributed by atoms with E-state index in [1.54, 1.807) is 13.1 Å². The van der Waals surface area contributed by atoms with Crippen molar-refractivity contribution in [3.05, 3.63) is 17.8 Å². The van der Waals surface area contributed by atoms with Crippen LogP contribution in [0.3, 0.4) is 0 Å². The van der Waals surface area contributed by atoms with Crippen molar-refractivity contribution in [1.29, 1.82) is 0 Å². The number of ether oxygens (including phenoxy) is 1. The molecule has 1 heterocycles. The zero-order valence-corrected chi connectivity index (χ0v) is 8.88. The van der Waals surface area contributed by atoms with E-state index in [0.29, 0.717) is 12.2 Å². The summed E-state index contributed by atoms with van der Waals surface area (Å²) < 4.78 is 41.0. The molecule has 0 bridgehead atoms. The van der Waals surface area contributed by atoms with Gasteiger partial charge in [-0.15, -0.1) is 5.10 Å². The molecule has 16 heavy (non-hydrogen) atoms. The summed E-state index contributed by atoms with van der Waals surface area (Å²) in [6.07, 6.45) is -6.29. The highest BCUT2D eigenvalue weighted by Gasteiger charge is 2.38. The highest BCUT2D eigenvalue weighted by Crippen LogP contribution is 2.23. The van der Waals surface area contributed by atoms with E-state index in [1.807, 2.05) is 0 Å². The lowest BCUT2D eigenvalue weighted by Gasteiger charge is -2.16. The summed E-state index contributed by atoms with van der Waals surface area (Å²) >= 11 is 0. The summed E-state index contributed by atoms with van der Waals surface area (Å²) in [5.74, 6) is -0.135. The van der Waals surface area contributed by atoms with Gasteiger partial charge in [0.15, 0.2) is 6.10 Å². The minimum atomic E-state index is -4.40. The molecule has 0 aromatic carbocycles. The summed E-state index contributed by atoms with van der Waals surface area (Å²) in [4.78, 5) is 0. The normalized spacial score (nSPS) is 13.6. The fraction of sp³-hybridized carbons (Fsp3) is 0.556. The molecule has 1 aromatic rings. The van der Waals surface area contributed by atoms with Gasteiger partial charge in [0.25, 0.3) is 0 Å². The lowest BCUT2D eigenvalue weighted by atomic mass is 10.4. The molecule has 0 spiro atoms. The number of alkyl halides is 3. The molecule has 1 aromatic heterocycles. The molecule has 0 saturated heterocycles. The SMILES string of the molecule is CNCc1ccc(OC(C)C(F)(F)F)nn1. The summed E-state index contributed by atoms with van der Waals surface area (Å²) in [5.41, 5.74) is 0.634. The average Bonchev–Trinajstić information content (AvgIpc) is 2.20. The van der Waals surface area contributed by atoms with Crippen LogP contribution in [0, 0.1) is 0 Å². The second-order valence-corrected chi connectivity index (χ2v) is 3.19. The van der Waals surface area contributed by atoms with Crippen LogP contribution in [-0.2, 0) is 6.54 Å². The standard InChI is InChI=1S/C9H12F3N3O/c1-6(9(10,11)12)16-8-4-3-7(5-13-2)14-15-8/h3-4,6,13H,5H2,1-2H3. The van der Waals surface area contributed by atoms with Crippen molar-refractivity contribution < 1.29 is 17.9 Å². The third-order valence-electron chi connectivity index (χ3n) is 1.81. The van der Waals surface area contributed by atoms with Crippen molar-refractivity contribution >= 4 is 0 Å². The molecule has 0 radical (unpaired) electrons. The summed E-state index contributed by atoms with van der Waals surface area (Å²) in [7, 11) is 1.73. The lowest BCUT2D eigenvalue weighted by Crippen LogP contribution is -2.31. The number of nitrogens with zero attached hydrogens (tertiary/aromatic N) is 2. The molecule has 4 nitrogen and oxygen atoms in total. The molecule has 0 aliphatic heterocycles. The zero-order chi connectivity index (χ0) is 12.2. The van der Waals surface area contributed by atoms with E-state index >= 15 is 0 Å². The van der Waals surface area contributed by atoms with Crippen molar-refractivity contribution in [1.82, 2.24) is 15.5 Å². The highest BCUT2D eigenvalue weighted by atomic mass is 19.4. The van der Waals surface area contributed by atoms with Gasteiger partial charge in [-0.1, -0.05) is 0 Å². The van der Waals surface area contributed by atoms with E-state index in [4.69, 9.17) is 0 Å². The minimum Gasteiger partial charge on any atom is -0.464 e. The van der Waals surface area contributed by atoms with Crippen LogP contribution in [0.1, 0.15) is 12.6 Å². The first-order chi connectivity index (χ1) is 7.43. The second kappa shape index (κ2) is 5.11. The van der Waals surface area contributed by atoms with Crippen molar-refractivity contribution in [2.75, 3.05) is 7.05 Å². The quantitative estimate of drug-likeness (QED) is 0.859. The molecule has 90 valence electrons. The number of rotatable bonds is 4. The van der Waals surface area contributed by atoms with Crippen LogP contribution in [0.15, 0.2) is 12.1 Å². The maximum atomic E-state index is 12.2. The number of halogens is 3. The topological polar surface area (TPSA) is 47.0 Å². The van der Waals surface area contributed by atoms with Gasteiger partial charge in [-0.3, -0.25) is 0 Å². The van der Waals surface area contributed by atoms with Gasteiger partial charge in [0.05, 0.1) is 5.69 Å². The third-order valence-corrected chi connectivity index (χ3v) is 1.81. The van der Waals surface area contributed by atoms with Gasteiger partial charge in [-0.2, -0.15) is 18.3 Å². The van der Waals surface area contributed by atoms with Gasteiger partial charge in [0, 0.05) is 12.6 Å².